The third-order valence-electron chi connectivity index (χ3n) is 3.44. The maximum Gasteiger partial charge on any atom is 0.573 e. The molecule has 0 spiro atoms. The standard InChI is InChI=1S/C17H15F3N2O3S/c18-17(19,20)25-13-4-2-1-3-11(13)10-21-16(26)22-12-5-6-14-15(9-12)24-8-7-23-14/h1-6,9H,7-8,10H2,(H2,21,22,26). The number of nitrogens with one attached hydrogen (secondary N) is 2. The zero-order chi connectivity index (χ0) is 18.6. The highest BCUT2D eigenvalue weighted by atomic mass is 32.1. The van der Waals surface area contributed by atoms with Crippen molar-refractivity contribution in [3.8, 4) is 17.2 Å². The number of halogens is 3. The van der Waals surface area contributed by atoms with E-state index >= 15 is 0 Å². The summed E-state index contributed by atoms with van der Waals surface area (Å²) >= 11 is 5.19. The van der Waals surface area contributed by atoms with Crippen molar-refractivity contribution in [3.63, 3.8) is 0 Å². The van der Waals surface area contributed by atoms with Gasteiger partial charge in [-0.1, -0.05) is 18.2 Å². The zero-order valence-corrected chi connectivity index (χ0v) is 14.2. The Morgan fingerprint density at radius 1 is 1.08 bits per heavy atom. The Bertz CT molecular complexity index is 799. The summed E-state index contributed by atoms with van der Waals surface area (Å²) in [4.78, 5) is 0. The summed E-state index contributed by atoms with van der Waals surface area (Å²) in [5, 5.41) is 6.06. The van der Waals surface area contributed by atoms with Crippen molar-refractivity contribution in [2.45, 2.75) is 12.9 Å². The molecule has 1 heterocycles. The number of para-hydroxylation sites is 1. The fourth-order valence-corrected chi connectivity index (χ4v) is 2.54. The molecule has 1 aliphatic rings. The topological polar surface area (TPSA) is 51.8 Å². The molecule has 3 rings (SSSR count). The van der Waals surface area contributed by atoms with Crippen LogP contribution in [-0.2, 0) is 6.54 Å². The molecule has 2 aromatic rings. The summed E-state index contributed by atoms with van der Waals surface area (Å²) in [6.07, 6.45) is -4.75. The predicted octanol–water partition coefficient (Wildman–Crippen LogP) is 3.84. The Balaban J connectivity index is 1.60. The van der Waals surface area contributed by atoms with Gasteiger partial charge >= 0.3 is 6.36 Å². The minimum atomic E-state index is -4.75. The van der Waals surface area contributed by atoms with Crippen molar-refractivity contribution in [1.29, 1.82) is 0 Å². The van der Waals surface area contributed by atoms with Crippen LogP contribution in [0.1, 0.15) is 5.56 Å². The maximum absolute atomic E-state index is 12.4. The van der Waals surface area contributed by atoms with E-state index in [9.17, 15) is 13.2 Å². The van der Waals surface area contributed by atoms with Crippen molar-refractivity contribution in [2.24, 2.45) is 0 Å². The molecule has 0 saturated carbocycles. The molecule has 0 unspecified atom stereocenters. The number of anilines is 1. The highest BCUT2D eigenvalue weighted by Gasteiger charge is 2.31. The average molecular weight is 384 g/mol. The summed E-state index contributed by atoms with van der Waals surface area (Å²) in [5.41, 5.74) is 1.00. The number of benzene rings is 2. The van der Waals surface area contributed by atoms with E-state index < -0.39 is 6.36 Å². The summed E-state index contributed by atoms with van der Waals surface area (Å²) < 4.78 is 52.3. The molecule has 2 aromatic carbocycles. The van der Waals surface area contributed by atoms with Crippen molar-refractivity contribution >= 4 is 23.0 Å². The molecule has 0 aliphatic carbocycles. The zero-order valence-electron chi connectivity index (χ0n) is 13.4. The second-order valence-electron chi connectivity index (χ2n) is 5.32. The largest absolute Gasteiger partial charge is 0.573 e. The molecule has 9 heteroatoms. The lowest BCUT2D eigenvalue weighted by atomic mass is 10.2. The first-order valence-electron chi connectivity index (χ1n) is 7.69. The molecule has 26 heavy (non-hydrogen) atoms. The highest BCUT2D eigenvalue weighted by molar-refractivity contribution is 7.80. The third-order valence-corrected chi connectivity index (χ3v) is 3.68. The Kier molecular flexibility index (Phi) is 5.36. The van der Waals surface area contributed by atoms with E-state index in [1.807, 2.05) is 0 Å². The molecule has 0 radical (unpaired) electrons. The van der Waals surface area contributed by atoms with Gasteiger partial charge in [-0.15, -0.1) is 13.2 Å². The first-order valence-corrected chi connectivity index (χ1v) is 8.10. The number of hydrogen-bond acceptors (Lipinski definition) is 4. The van der Waals surface area contributed by atoms with Crippen LogP contribution >= 0.6 is 12.2 Å². The monoisotopic (exact) mass is 384 g/mol. The van der Waals surface area contributed by atoms with E-state index in [2.05, 4.69) is 15.4 Å². The molecule has 0 saturated heterocycles. The number of thiocarbonyl (C=S) groups is 1. The van der Waals surface area contributed by atoms with Crippen LogP contribution in [0.15, 0.2) is 42.5 Å². The lowest BCUT2D eigenvalue weighted by Crippen LogP contribution is -2.28. The second kappa shape index (κ2) is 7.69. The van der Waals surface area contributed by atoms with Crippen LogP contribution < -0.4 is 24.8 Å². The van der Waals surface area contributed by atoms with E-state index in [0.29, 0.717) is 36.0 Å². The molecule has 0 amide bonds. The van der Waals surface area contributed by atoms with Gasteiger partial charge in [0.05, 0.1) is 0 Å². The van der Waals surface area contributed by atoms with E-state index in [4.69, 9.17) is 21.7 Å². The van der Waals surface area contributed by atoms with Crippen LogP contribution in [0, 0.1) is 0 Å². The number of ether oxygens (including phenoxy) is 3. The molecular formula is C17H15F3N2O3S. The van der Waals surface area contributed by atoms with Gasteiger partial charge in [-0.05, 0) is 30.4 Å². The van der Waals surface area contributed by atoms with E-state index in [1.165, 1.54) is 18.2 Å². The van der Waals surface area contributed by atoms with Gasteiger partial charge in [-0.3, -0.25) is 0 Å². The van der Waals surface area contributed by atoms with Gasteiger partial charge in [-0.25, -0.2) is 0 Å². The van der Waals surface area contributed by atoms with Crippen LogP contribution in [0.25, 0.3) is 0 Å². The highest BCUT2D eigenvalue weighted by Crippen LogP contribution is 2.32. The van der Waals surface area contributed by atoms with E-state index in [-0.39, 0.29) is 17.4 Å². The Morgan fingerprint density at radius 3 is 2.58 bits per heavy atom. The van der Waals surface area contributed by atoms with Gasteiger partial charge < -0.3 is 24.8 Å². The Labute approximate surface area is 153 Å². The summed E-state index contributed by atoms with van der Waals surface area (Å²) in [6.45, 7) is 1.04. The lowest BCUT2D eigenvalue weighted by Gasteiger charge is -2.19. The smallest absolute Gasteiger partial charge is 0.486 e. The van der Waals surface area contributed by atoms with Gasteiger partial charge in [0.1, 0.15) is 19.0 Å². The number of hydrogen-bond donors (Lipinski definition) is 2. The van der Waals surface area contributed by atoms with E-state index in [1.54, 1.807) is 24.3 Å². The number of rotatable bonds is 4. The Morgan fingerprint density at radius 2 is 1.81 bits per heavy atom. The minimum absolute atomic E-state index is 0.0721. The van der Waals surface area contributed by atoms with Gasteiger partial charge in [0.2, 0.25) is 0 Å². The summed E-state index contributed by atoms with van der Waals surface area (Å²) in [6, 6.07) is 11.1. The molecule has 0 aromatic heterocycles. The lowest BCUT2D eigenvalue weighted by molar-refractivity contribution is -0.274. The third kappa shape index (κ3) is 4.92. The molecule has 2 N–H and O–H groups in total. The average Bonchev–Trinajstić information content (AvgIpc) is 2.59. The predicted molar refractivity (Wildman–Crippen MR) is 93.6 cm³/mol. The van der Waals surface area contributed by atoms with Crippen molar-refractivity contribution in [2.75, 3.05) is 18.5 Å². The molecule has 138 valence electrons. The molecule has 0 atom stereocenters. The fourth-order valence-electron chi connectivity index (χ4n) is 2.35. The van der Waals surface area contributed by atoms with Crippen LogP contribution in [-0.4, -0.2) is 24.7 Å². The first-order chi connectivity index (χ1) is 12.4. The van der Waals surface area contributed by atoms with Gasteiger partial charge in [0, 0.05) is 23.9 Å². The van der Waals surface area contributed by atoms with Gasteiger partial charge in [0.25, 0.3) is 0 Å². The quantitative estimate of drug-likeness (QED) is 0.782. The number of alkyl halides is 3. The molecule has 5 nitrogen and oxygen atoms in total. The molecular weight excluding hydrogens is 369 g/mol. The fraction of sp³-hybridized carbons (Fsp3) is 0.235. The van der Waals surface area contributed by atoms with Crippen LogP contribution in [0.3, 0.4) is 0 Å². The van der Waals surface area contributed by atoms with E-state index in [0.717, 1.165) is 0 Å². The van der Waals surface area contributed by atoms with Crippen molar-refractivity contribution in [1.82, 2.24) is 5.32 Å². The van der Waals surface area contributed by atoms with Crippen LogP contribution in [0.5, 0.6) is 17.2 Å². The molecule has 0 bridgehead atoms. The van der Waals surface area contributed by atoms with Gasteiger partial charge in [0.15, 0.2) is 16.6 Å². The summed E-state index contributed by atoms with van der Waals surface area (Å²) in [5.74, 6) is 0.988. The Hall–Kier alpha value is -2.68. The minimum Gasteiger partial charge on any atom is -0.486 e. The molecule has 0 fully saturated rings. The molecule has 1 aliphatic heterocycles. The normalized spacial score (nSPS) is 13.0. The van der Waals surface area contributed by atoms with Crippen LogP contribution in [0.2, 0.25) is 0 Å². The SMILES string of the molecule is FC(F)(F)Oc1ccccc1CNC(=S)Nc1ccc2c(c1)OCCO2. The maximum atomic E-state index is 12.4. The van der Waals surface area contributed by atoms with Crippen LogP contribution in [0.4, 0.5) is 18.9 Å². The number of fused-ring (bicyclic) bond motifs is 1. The van der Waals surface area contributed by atoms with Crippen molar-refractivity contribution in [3.05, 3.63) is 48.0 Å². The van der Waals surface area contributed by atoms with Crippen molar-refractivity contribution < 1.29 is 27.4 Å². The summed E-state index contributed by atoms with van der Waals surface area (Å²) in [7, 11) is 0. The first kappa shape index (κ1) is 18.1. The van der Waals surface area contributed by atoms with Gasteiger partial charge in [-0.2, -0.15) is 0 Å². The second-order valence-corrected chi connectivity index (χ2v) is 5.73.